The van der Waals surface area contributed by atoms with Crippen LogP contribution in [0.25, 0.3) is 5.82 Å². The van der Waals surface area contributed by atoms with Crippen molar-refractivity contribution in [3.63, 3.8) is 0 Å². The molecule has 0 spiro atoms. The number of hydrogen-bond donors (Lipinski definition) is 0. The summed E-state index contributed by atoms with van der Waals surface area (Å²) in [6.07, 6.45) is 2.37. The minimum Gasteiger partial charge on any atom is -0.296 e. The SMILES string of the molecule is Cc1c(C#N)cc(C=O)n1-c1ccccn1. The zero-order valence-electron chi connectivity index (χ0n) is 8.71. The summed E-state index contributed by atoms with van der Waals surface area (Å²) in [6, 6.07) is 9.05. The maximum atomic E-state index is 10.9. The third-order valence-electron chi connectivity index (χ3n) is 2.40. The van der Waals surface area contributed by atoms with Crippen LogP contribution in [0.5, 0.6) is 0 Å². The number of aromatic nitrogens is 2. The fourth-order valence-corrected chi connectivity index (χ4v) is 1.62. The minimum atomic E-state index is 0.438. The van der Waals surface area contributed by atoms with Crippen LogP contribution in [0.15, 0.2) is 30.5 Å². The highest BCUT2D eigenvalue weighted by Gasteiger charge is 2.12. The molecule has 0 aliphatic heterocycles. The van der Waals surface area contributed by atoms with Gasteiger partial charge in [0.1, 0.15) is 11.9 Å². The van der Waals surface area contributed by atoms with Gasteiger partial charge in [0.2, 0.25) is 0 Å². The summed E-state index contributed by atoms with van der Waals surface area (Å²) >= 11 is 0. The highest BCUT2D eigenvalue weighted by atomic mass is 16.1. The van der Waals surface area contributed by atoms with Gasteiger partial charge in [-0.15, -0.1) is 0 Å². The lowest BCUT2D eigenvalue weighted by atomic mass is 10.3. The average molecular weight is 211 g/mol. The Morgan fingerprint density at radius 1 is 1.50 bits per heavy atom. The monoisotopic (exact) mass is 211 g/mol. The fraction of sp³-hybridized carbons (Fsp3) is 0.0833. The normalized spacial score (nSPS) is 9.75. The van der Waals surface area contributed by atoms with Crippen molar-refractivity contribution in [2.75, 3.05) is 0 Å². The lowest BCUT2D eigenvalue weighted by Gasteiger charge is -2.06. The summed E-state index contributed by atoms with van der Waals surface area (Å²) in [7, 11) is 0. The van der Waals surface area contributed by atoms with Crippen molar-refractivity contribution >= 4 is 6.29 Å². The Kier molecular flexibility index (Phi) is 2.52. The van der Waals surface area contributed by atoms with Gasteiger partial charge in [-0.3, -0.25) is 9.36 Å². The van der Waals surface area contributed by atoms with Crippen molar-refractivity contribution in [3.8, 4) is 11.9 Å². The van der Waals surface area contributed by atoms with E-state index in [1.54, 1.807) is 35.9 Å². The Labute approximate surface area is 92.8 Å². The Morgan fingerprint density at radius 2 is 2.31 bits per heavy atom. The first-order chi connectivity index (χ1) is 7.77. The lowest BCUT2D eigenvalue weighted by Crippen LogP contribution is -2.03. The molecule has 0 bridgehead atoms. The van der Waals surface area contributed by atoms with Gasteiger partial charge in [0.05, 0.1) is 11.3 Å². The van der Waals surface area contributed by atoms with Crippen molar-refractivity contribution < 1.29 is 4.79 Å². The number of carbonyl (C=O) groups excluding carboxylic acids is 1. The molecule has 2 aromatic heterocycles. The number of rotatable bonds is 2. The number of nitriles is 1. The number of nitrogens with zero attached hydrogens (tertiary/aromatic N) is 3. The van der Waals surface area contributed by atoms with Crippen LogP contribution >= 0.6 is 0 Å². The first kappa shape index (κ1) is 10.1. The largest absolute Gasteiger partial charge is 0.296 e. The molecule has 0 aliphatic rings. The van der Waals surface area contributed by atoms with E-state index in [1.807, 2.05) is 6.07 Å². The molecule has 2 heterocycles. The summed E-state index contributed by atoms with van der Waals surface area (Å²) in [5.41, 5.74) is 1.66. The van der Waals surface area contributed by atoms with Gasteiger partial charge in [-0.25, -0.2) is 4.98 Å². The molecular formula is C12H9N3O. The second-order valence-electron chi connectivity index (χ2n) is 3.32. The summed E-state index contributed by atoms with van der Waals surface area (Å²) < 4.78 is 1.67. The highest BCUT2D eigenvalue weighted by Crippen LogP contribution is 2.17. The van der Waals surface area contributed by atoms with E-state index in [4.69, 9.17) is 5.26 Å². The molecule has 78 valence electrons. The van der Waals surface area contributed by atoms with Gasteiger partial charge in [-0.1, -0.05) is 6.07 Å². The van der Waals surface area contributed by atoms with Crippen molar-refractivity contribution in [1.29, 1.82) is 5.26 Å². The molecular weight excluding hydrogens is 202 g/mol. The number of hydrogen-bond acceptors (Lipinski definition) is 3. The number of carbonyl (C=O) groups is 1. The van der Waals surface area contributed by atoms with E-state index in [-0.39, 0.29) is 0 Å². The lowest BCUT2D eigenvalue weighted by molar-refractivity contribution is 0.111. The van der Waals surface area contributed by atoms with E-state index in [1.165, 1.54) is 0 Å². The minimum absolute atomic E-state index is 0.438. The fourth-order valence-electron chi connectivity index (χ4n) is 1.62. The Morgan fingerprint density at radius 3 is 2.88 bits per heavy atom. The smallest absolute Gasteiger partial charge is 0.166 e. The first-order valence-electron chi connectivity index (χ1n) is 4.77. The van der Waals surface area contributed by atoms with Crippen molar-refractivity contribution in [1.82, 2.24) is 9.55 Å². The van der Waals surface area contributed by atoms with Crippen LogP contribution in [0, 0.1) is 18.3 Å². The molecule has 0 fully saturated rings. The van der Waals surface area contributed by atoms with Gasteiger partial charge in [0.25, 0.3) is 0 Å². The molecule has 2 aromatic rings. The second-order valence-corrected chi connectivity index (χ2v) is 3.32. The molecule has 0 aliphatic carbocycles. The molecule has 0 amide bonds. The van der Waals surface area contributed by atoms with Gasteiger partial charge in [-0.2, -0.15) is 5.26 Å². The average Bonchev–Trinajstić information content (AvgIpc) is 2.66. The zero-order valence-corrected chi connectivity index (χ0v) is 8.71. The molecule has 0 saturated carbocycles. The third kappa shape index (κ3) is 1.48. The maximum absolute atomic E-state index is 10.9. The van der Waals surface area contributed by atoms with Crippen molar-refractivity contribution in [2.24, 2.45) is 0 Å². The molecule has 0 unspecified atom stereocenters. The molecule has 2 rings (SSSR count). The van der Waals surface area contributed by atoms with Crippen LogP contribution in [-0.2, 0) is 0 Å². The van der Waals surface area contributed by atoms with Crippen LogP contribution in [0.4, 0.5) is 0 Å². The molecule has 0 radical (unpaired) electrons. The number of aldehydes is 1. The molecule has 16 heavy (non-hydrogen) atoms. The van der Waals surface area contributed by atoms with Gasteiger partial charge in [-0.05, 0) is 25.1 Å². The second kappa shape index (κ2) is 3.99. The molecule has 4 heteroatoms. The van der Waals surface area contributed by atoms with E-state index in [0.29, 0.717) is 17.1 Å². The maximum Gasteiger partial charge on any atom is 0.166 e. The standard InChI is InChI=1S/C12H9N3O/c1-9-10(7-13)6-11(8-16)15(9)12-4-2-3-5-14-12/h2-6,8H,1H3. The van der Waals surface area contributed by atoms with Gasteiger partial charge in [0.15, 0.2) is 6.29 Å². The number of pyridine rings is 1. The van der Waals surface area contributed by atoms with Crippen LogP contribution in [0.3, 0.4) is 0 Å². The van der Waals surface area contributed by atoms with Gasteiger partial charge in [0, 0.05) is 11.9 Å². The van der Waals surface area contributed by atoms with Crippen LogP contribution in [-0.4, -0.2) is 15.8 Å². The van der Waals surface area contributed by atoms with E-state index in [9.17, 15) is 4.79 Å². The summed E-state index contributed by atoms with van der Waals surface area (Å²) in [5, 5.41) is 8.90. The quantitative estimate of drug-likeness (QED) is 0.712. The Bertz CT molecular complexity index is 564. The molecule has 0 N–H and O–H groups in total. The predicted molar refractivity (Wildman–Crippen MR) is 58.4 cm³/mol. The van der Waals surface area contributed by atoms with E-state index in [0.717, 1.165) is 12.0 Å². The molecule has 0 saturated heterocycles. The van der Waals surface area contributed by atoms with Crippen LogP contribution in [0.2, 0.25) is 0 Å². The Hall–Kier alpha value is -2.41. The summed E-state index contributed by atoms with van der Waals surface area (Å²) in [5.74, 6) is 0.642. The van der Waals surface area contributed by atoms with Crippen LogP contribution < -0.4 is 0 Å². The molecule has 4 nitrogen and oxygen atoms in total. The topological polar surface area (TPSA) is 58.7 Å². The van der Waals surface area contributed by atoms with Crippen molar-refractivity contribution in [3.05, 3.63) is 47.4 Å². The molecule has 0 atom stereocenters. The third-order valence-corrected chi connectivity index (χ3v) is 2.40. The summed E-state index contributed by atoms with van der Waals surface area (Å²) in [4.78, 5) is 15.1. The van der Waals surface area contributed by atoms with Gasteiger partial charge < -0.3 is 0 Å². The highest BCUT2D eigenvalue weighted by molar-refractivity contribution is 5.75. The van der Waals surface area contributed by atoms with Gasteiger partial charge >= 0.3 is 0 Å². The van der Waals surface area contributed by atoms with E-state index >= 15 is 0 Å². The Balaban J connectivity index is 2.70. The van der Waals surface area contributed by atoms with E-state index in [2.05, 4.69) is 11.1 Å². The molecule has 0 aromatic carbocycles. The van der Waals surface area contributed by atoms with Crippen LogP contribution in [0.1, 0.15) is 21.7 Å². The predicted octanol–water partition coefficient (Wildman–Crippen LogP) is 1.86. The zero-order chi connectivity index (χ0) is 11.5. The first-order valence-corrected chi connectivity index (χ1v) is 4.77. The van der Waals surface area contributed by atoms with E-state index < -0.39 is 0 Å². The summed E-state index contributed by atoms with van der Waals surface area (Å²) in [6.45, 7) is 1.79. The van der Waals surface area contributed by atoms with Crippen molar-refractivity contribution in [2.45, 2.75) is 6.92 Å².